The predicted octanol–water partition coefficient (Wildman–Crippen LogP) is 3.15. The van der Waals surface area contributed by atoms with E-state index in [-0.39, 0.29) is 43.6 Å². The van der Waals surface area contributed by atoms with E-state index in [1.165, 1.54) is 28.4 Å². The molecule has 0 aliphatic heterocycles. The van der Waals surface area contributed by atoms with Gasteiger partial charge in [0.2, 0.25) is 21.8 Å². The van der Waals surface area contributed by atoms with Crippen molar-refractivity contribution in [1.29, 1.82) is 0 Å². The molecule has 2 aromatic carbocycles. The van der Waals surface area contributed by atoms with Gasteiger partial charge in [0.1, 0.15) is 11.9 Å². The molecule has 33 heavy (non-hydrogen) atoms. The largest absolute Gasteiger partial charge is 0.357 e. The van der Waals surface area contributed by atoms with Gasteiger partial charge in [0, 0.05) is 26.6 Å². The molecule has 7 nitrogen and oxygen atoms in total. The van der Waals surface area contributed by atoms with Crippen molar-refractivity contribution >= 4 is 27.5 Å². The normalized spacial score (nSPS) is 12.2. The molecule has 0 aliphatic rings. The summed E-state index contributed by atoms with van der Waals surface area (Å²) in [6, 6.07) is 10.6. The van der Waals surface area contributed by atoms with E-state index in [0.29, 0.717) is 11.3 Å². The molecule has 0 aromatic heterocycles. The van der Waals surface area contributed by atoms with Crippen LogP contribution >= 0.6 is 0 Å². The van der Waals surface area contributed by atoms with Crippen molar-refractivity contribution in [2.24, 2.45) is 0 Å². The molecule has 0 fully saturated rings. The van der Waals surface area contributed by atoms with Crippen LogP contribution in [-0.2, 0) is 26.2 Å². The van der Waals surface area contributed by atoms with Crippen molar-refractivity contribution in [2.75, 3.05) is 24.2 Å². The number of sulfonamides is 1. The quantitative estimate of drug-likeness (QED) is 0.570. The number of nitrogens with zero attached hydrogens (tertiary/aromatic N) is 2. The van der Waals surface area contributed by atoms with Gasteiger partial charge in [-0.3, -0.25) is 13.9 Å². The number of likely N-dealkylation sites (N-methyl/N-ethyl adjacent to an activating group) is 1. The minimum Gasteiger partial charge on any atom is -0.357 e. The zero-order chi connectivity index (χ0) is 24.8. The van der Waals surface area contributed by atoms with Crippen LogP contribution in [0.3, 0.4) is 0 Å². The van der Waals surface area contributed by atoms with Crippen LogP contribution in [0.4, 0.5) is 10.1 Å². The highest BCUT2D eigenvalue weighted by Gasteiger charge is 2.26. The monoisotopic (exact) mass is 477 g/mol. The fourth-order valence-corrected chi connectivity index (χ4v) is 4.56. The predicted molar refractivity (Wildman–Crippen MR) is 128 cm³/mol. The molecule has 180 valence electrons. The van der Waals surface area contributed by atoms with E-state index in [2.05, 4.69) is 5.32 Å². The fourth-order valence-electron chi connectivity index (χ4n) is 3.55. The number of aryl methyl sites for hydroxylation is 2. The lowest BCUT2D eigenvalue weighted by Crippen LogP contribution is -2.46. The molecule has 1 N–H and O–H groups in total. The summed E-state index contributed by atoms with van der Waals surface area (Å²) >= 11 is 0. The average Bonchev–Trinajstić information content (AvgIpc) is 2.76. The summed E-state index contributed by atoms with van der Waals surface area (Å²) in [5, 5.41) is 2.54. The topological polar surface area (TPSA) is 86.8 Å². The van der Waals surface area contributed by atoms with Crippen molar-refractivity contribution in [1.82, 2.24) is 10.2 Å². The second kappa shape index (κ2) is 11.3. The summed E-state index contributed by atoms with van der Waals surface area (Å²) in [5.41, 5.74) is 3.04. The van der Waals surface area contributed by atoms with Crippen molar-refractivity contribution in [3.63, 3.8) is 0 Å². The third kappa shape index (κ3) is 7.28. The fraction of sp³-hybridized carbons (Fsp3) is 0.417. The molecule has 0 unspecified atom stereocenters. The van der Waals surface area contributed by atoms with Gasteiger partial charge in [-0.15, -0.1) is 0 Å². The first kappa shape index (κ1) is 26.3. The Labute approximate surface area is 195 Å². The number of amides is 2. The van der Waals surface area contributed by atoms with Crippen LogP contribution in [0.5, 0.6) is 0 Å². The van der Waals surface area contributed by atoms with E-state index in [9.17, 15) is 22.4 Å². The summed E-state index contributed by atoms with van der Waals surface area (Å²) in [4.78, 5) is 26.7. The van der Waals surface area contributed by atoms with Crippen molar-refractivity contribution in [3.8, 4) is 0 Å². The van der Waals surface area contributed by atoms with E-state index in [0.717, 1.165) is 17.4 Å². The van der Waals surface area contributed by atoms with Gasteiger partial charge in [0.25, 0.3) is 0 Å². The summed E-state index contributed by atoms with van der Waals surface area (Å²) < 4.78 is 39.5. The SMILES string of the molecule is CNC(=O)[C@H](C)N(Cc1ccc(F)cc1)C(=O)CCCN(c1cc(C)ccc1C)S(C)(=O)=O. The number of rotatable bonds is 10. The van der Waals surface area contributed by atoms with Gasteiger partial charge in [-0.05, 0) is 62.1 Å². The van der Waals surface area contributed by atoms with E-state index < -0.39 is 16.1 Å². The molecular formula is C24H32FN3O4S. The highest BCUT2D eigenvalue weighted by Crippen LogP contribution is 2.24. The number of nitrogens with one attached hydrogen (secondary N) is 1. The van der Waals surface area contributed by atoms with E-state index in [4.69, 9.17) is 0 Å². The maximum Gasteiger partial charge on any atom is 0.242 e. The van der Waals surface area contributed by atoms with E-state index in [1.54, 1.807) is 19.1 Å². The Kier molecular flexibility index (Phi) is 8.99. The lowest BCUT2D eigenvalue weighted by Gasteiger charge is -2.29. The molecule has 0 aliphatic carbocycles. The van der Waals surface area contributed by atoms with Crippen molar-refractivity contribution < 1.29 is 22.4 Å². The van der Waals surface area contributed by atoms with Gasteiger partial charge < -0.3 is 10.2 Å². The highest BCUT2D eigenvalue weighted by molar-refractivity contribution is 7.92. The van der Waals surface area contributed by atoms with Crippen LogP contribution in [-0.4, -0.2) is 51.0 Å². The molecule has 0 spiro atoms. The standard InChI is InChI=1S/C24H32FN3O4S/c1-17-8-9-18(2)22(15-17)28(33(5,31)32)14-6-7-23(29)27(19(3)24(30)26-4)16-20-10-12-21(25)13-11-20/h8-13,15,19H,6-7,14,16H2,1-5H3,(H,26,30)/t19-/m0/s1. The molecule has 2 aromatic rings. The Hall–Kier alpha value is -2.94. The molecule has 0 bridgehead atoms. The first-order chi connectivity index (χ1) is 15.4. The summed E-state index contributed by atoms with van der Waals surface area (Å²) in [7, 11) is -2.06. The zero-order valence-electron chi connectivity index (χ0n) is 19.8. The molecule has 2 rings (SSSR count). The first-order valence-electron chi connectivity index (χ1n) is 10.7. The van der Waals surface area contributed by atoms with Gasteiger partial charge in [-0.25, -0.2) is 12.8 Å². The number of hydrogen-bond acceptors (Lipinski definition) is 4. The van der Waals surface area contributed by atoms with Crippen molar-refractivity contribution in [3.05, 3.63) is 65.0 Å². The molecule has 9 heteroatoms. The maximum atomic E-state index is 13.3. The molecule has 2 amide bonds. The second-order valence-corrected chi connectivity index (χ2v) is 10.1. The van der Waals surface area contributed by atoms with Crippen LogP contribution in [0.25, 0.3) is 0 Å². The van der Waals surface area contributed by atoms with Gasteiger partial charge >= 0.3 is 0 Å². The third-order valence-electron chi connectivity index (χ3n) is 5.47. The molecular weight excluding hydrogens is 445 g/mol. The Morgan fingerprint density at radius 2 is 1.73 bits per heavy atom. The number of halogens is 1. The molecule has 0 saturated carbocycles. The van der Waals surface area contributed by atoms with Crippen LogP contribution in [0, 0.1) is 19.7 Å². The van der Waals surface area contributed by atoms with Crippen LogP contribution in [0.1, 0.15) is 36.5 Å². The van der Waals surface area contributed by atoms with E-state index >= 15 is 0 Å². The number of anilines is 1. The zero-order valence-corrected chi connectivity index (χ0v) is 20.6. The molecule has 0 saturated heterocycles. The molecule has 0 radical (unpaired) electrons. The maximum absolute atomic E-state index is 13.3. The van der Waals surface area contributed by atoms with Gasteiger partial charge in [0.15, 0.2) is 0 Å². The lowest BCUT2D eigenvalue weighted by molar-refractivity contribution is -0.140. The third-order valence-corrected chi connectivity index (χ3v) is 6.65. The number of carbonyl (C=O) groups is 2. The van der Waals surface area contributed by atoms with Gasteiger partial charge in [-0.2, -0.15) is 0 Å². The summed E-state index contributed by atoms with van der Waals surface area (Å²) in [6.45, 7) is 5.63. The lowest BCUT2D eigenvalue weighted by atomic mass is 10.1. The van der Waals surface area contributed by atoms with Gasteiger partial charge in [-0.1, -0.05) is 24.3 Å². The minimum atomic E-state index is -3.55. The van der Waals surface area contributed by atoms with Crippen LogP contribution < -0.4 is 9.62 Å². The Morgan fingerprint density at radius 3 is 2.30 bits per heavy atom. The van der Waals surface area contributed by atoms with Crippen LogP contribution in [0.15, 0.2) is 42.5 Å². The van der Waals surface area contributed by atoms with Crippen LogP contribution in [0.2, 0.25) is 0 Å². The smallest absolute Gasteiger partial charge is 0.242 e. The average molecular weight is 478 g/mol. The van der Waals surface area contributed by atoms with E-state index in [1.807, 2.05) is 32.0 Å². The number of carbonyl (C=O) groups excluding carboxylic acids is 2. The second-order valence-electron chi connectivity index (χ2n) is 8.17. The Bertz CT molecular complexity index is 1090. The Balaban J connectivity index is 2.17. The first-order valence-corrected chi connectivity index (χ1v) is 12.6. The Morgan fingerprint density at radius 1 is 1.09 bits per heavy atom. The molecule has 1 atom stereocenters. The molecule has 0 heterocycles. The number of benzene rings is 2. The summed E-state index contributed by atoms with van der Waals surface area (Å²) in [5.74, 6) is -0.994. The summed E-state index contributed by atoms with van der Waals surface area (Å²) in [6.07, 6.45) is 1.48. The van der Waals surface area contributed by atoms with Gasteiger partial charge in [0.05, 0.1) is 11.9 Å². The number of hydrogen-bond donors (Lipinski definition) is 1. The highest BCUT2D eigenvalue weighted by atomic mass is 32.2. The minimum absolute atomic E-state index is 0.0550. The van der Waals surface area contributed by atoms with Crippen molar-refractivity contribution in [2.45, 2.75) is 46.2 Å².